The first-order chi connectivity index (χ1) is 17.0. The molecule has 0 saturated carbocycles. The van der Waals surface area contributed by atoms with Gasteiger partial charge in [-0.1, -0.05) is 17.3 Å². The van der Waals surface area contributed by atoms with Crippen LogP contribution >= 0.6 is 0 Å². The summed E-state index contributed by atoms with van der Waals surface area (Å²) in [5.41, 5.74) is 9.77. The van der Waals surface area contributed by atoms with E-state index in [2.05, 4.69) is 36.3 Å². The maximum Gasteiger partial charge on any atom is 0.219 e. The molecule has 4 heterocycles. The van der Waals surface area contributed by atoms with Crippen molar-refractivity contribution >= 4 is 28.7 Å². The summed E-state index contributed by atoms with van der Waals surface area (Å²) in [5.74, 6) is 1.70. The summed E-state index contributed by atoms with van der Waals surface area (Å²) in [6, 6.07) is 13.4. The molecule has 4 aromatic rings. The molecule has 1 aliphatic heterocycles. The Balaban J connectivity index is 1.30. The number of carbonyl (C=O) groups excluding carboxylic acids is 1. The number of aromatic amines is 1. The smallest absolute Gasteiger partial charge is 0.219 e. The number of amides is 1. The van der Waals surface area contributed by atoms with E-state index in [4.69, 9.17) is 10.5 Å². The van der Waals surface area contributed by atoms with Crippen LogP contribution in [0.3, 0.4) is 0 Å². The quantitative estimate of drug-likeness (QED) is 0.448. The SMILES string of the molecule is CC(=O)N1CCN(c2ccc(-c3ccc(COc4cc(N)nc5[nH]nnc45)c(C#N)c3)cn2)CC1. The summed E-state index contributed by atoms with van der Waals surface area (Å²) < 4.78 is 5.90. The predicted octanol–water partition coefficient (Wildman–Crippen LogP) is 2.12. The van der Waals surface area contributed by atoms with Crippen molar-refractivity contribution in [2.45, 2.75) is 13.5 Å². The van der Waals surface area contributed by atoms with E-state index in [1.165, 1.54) is 0 Å². The first-order valence-corrected chi connectivity index (χ1v) is 11.1. The number of carbonyl (C=O) groups is 1. The van der Waals surface area contributed by atoms with Crippen molar-refractivity contribution in [2.24, 2.45) is 0 Å². The molecule has 176 valence electrons. The molecule has 5 rings (SSSR count). The third-order valence-corrected chi connectivity index (χ3v) is 6.03. The lowest BCUT2D eigenvalue weighted by molar-refractivity contribution is -0.129. The fourth-order valence-corrected chi connectivity index (χ4v) is 4.08. The number of hydrogen-bond donors (Lipinski definition) is 2. The molecule has 1 fully saturated rings. The average molecular weight is 470 g/mol. The topological polar surface area (TPSA) is 150 Å². The number of nitrogens with two attached hydrogens (primary N) is 1. The van der Waals surface area contributed by atoms with E-state index in [9.17, 15) is 10.1 Å². The van der Waals surface area contributed by atoms with Crippen molar-refractivity contribution in [2.75, 3.05) is 36.8 Å². The Morgan fingerprint density at radius 1 is 1.17 bits per heavy atom. The largest absolute Gasteiger partial charge is 0.486 e. The second kappa shape index (κ2) is 9.26. The number of aromatic nitrogens is 5. The Morgan fingerprint density at radius 3 is 2.69 bits per heavy atom. The lowest BCUT2D eigenvalue weighted by Crippen LogP contribution is -2.48. The highest BCUT2D eigenvalue weighted by Crippen LogP contribution is 2.27. The highest BCUT2D eigenvalue weighted by Gasteiger charge is 2.19. The highest BCUT2D eigenvalue weighted by molar-refractivity contribution is 5.79. The van der Waals surface area contributed by atoms with Crippen molar-refractivity contribution in [1.29, 1.82) is 5.26 Å². The Hall–Kier alpha value is -4.72. The highest BCUT2D eigenvalue weighted by atomic mass is 16.5. The molecule has 0 unspecified atom stereocenters. The van der Waals surface area contributed by atoms with Gasteiger partial charge >= 0.3 is 0 Å². The minimum absolute atomic E-state index is 0.103. The van der Waals surface area contributed by atoms with Crippen LogP contribution in [0.1, 0.15) is 18.1 Å². The molecule has 0 bridgehead atoms. The van der Waals surface area contributed by atoms with E-state index >= 15 is 0 Å². The lowest BCUT2D eigenvalue weighted by atomic mass is 10.0. The number of piperazine rings is 1. The molecule has 3 aromatic heterocycles. The van der Waals surface area contributed by atoms with Gasteiger partial charge in [0.15, 0.2) is 16.9 Å². The number of ether oxygens (including phenoxy) is 1. The second-order valence-electron chi connectivity index (χ2n) is 8.22. The number of pyridine rings is 2. The zero-order valence-corrected chi connectivity index (χ0v) is 19.1. The molecule has 11 heteroatoms. The molecule has 35 heavy (non-hydrogen) atoms. The second-order valence-corrected chi connectivity index (χ2v) is 8.22. The van der Waals surface area contributed by atoms with E-state index in [1.807, 2.05) is 35.2 Å². The molecule has 0 aliphatic carbocycles. The van der Waals surface area contributed by atoms with Crippen LogP contribution in [0.2, 0.25) is 0 Å². The van der Waals surface area contributed by atoms with Gasteiger partial charge in [-0.15, -0.1) is 5.10 Å². The van der Waals surface area contributed by atoms with Gasteiger partial charge in [-0.3, -0.25) is 4.79 Å². The molecule has 3 N–H and O–H groups in total. The fourth-order valence-electron chi connectivity index (χ4n) is 4.08. The summed E-state index contributed by atoms with van der Waals surface area (Å²) in [6.07, 6.45) is 1.81. The normalized spacial score (nSPS) is 13.6. The summed E-state index contributed by atoms with van der Waals surface area (Å²) in [7, 11) is 0. The Morgan fingerprint density at radius 2 is 1.97 bits per heavy atom. The third-order valence-electron chi connectivity index (χ3n) is 6.03. The van der Waals surface area contributed by atoms with E-state index in [0.717, 1.165) is 35.6 Å². The van der Waals surface area contributed by atoms with Crippen molar-refractivity contribution in [3.63, 3.8) is 0 Å². The zero-order valence-electron chi connectivity index (χ0n) is 19.1. The van der Waals surface area contributed by atoms with Crippen LogP contribution in [0.15, 0.2) is 42.6 Å². The van der Waals surface area contributed by atoms with Gasteiger partial charge in [-0.2, -0.15) is 5.26 Å². The number of nitrogens with one attached hydrogen (secondary N) is 1. The number of benzene rings is 1. The maximum atomic E-state index is 11.5. The van der Waals surface area contributed by atoms with Crippen LogP contribution in [0.5, 0.6) is 5.75 Å². The summed E-state index contributed by atoms with van der Waals surface area (Å²) >= 11 is 0. The molecule has 1 amide bonds. The lowest BCUT2D eigenvalue weighted by Gasteiger charge is -2.34. The van der Waals surface area contributed by atoms with Gasteiger partial charge in [0.05, 0.1) is 11.6 Å². The van der Waals surface area contributed by atoms with Gasteiger partial charge in [0.2, 0.25) is 5.91 Å². The minimum atomic E-state index is 0.103. The van der Waals surface area contributed by atoms with Crippen LogP contribution in [0.25, 0.3) is 22.3 Å². The number of fused-ring (bicyclic) bond motifs is 1. The Kier molecular flexibility index (Phi) is 5.85. The van der Waals surface area contributed by atoms with E-state index in [0.29, 0.717) is 35.6 Å². The Bertz CT molecular complexity index is 1420. The summed E-state index contributed by atoms with van der Waals surface area (Å²) in [5, 5.41) is 20.1. The number of nitriles is 1. The molecule has 0 radical (unpaired) electrons. The molecule has 11 nitrogen and oxygen atoms in total. The number of nitrogens with zero attached hydrogens (tertiary/aromatic N) is 7. The van der Waals surface area contributed by atoms with Gasteiger partial charge in [-0.05, 0) is 23.8 Å². The van der Waals surface area contributed by atoms with Crippen molar-refractivity contribution in [1.82, 2.24) is 30.3 Å². The number of H-pyrrole nitrogens is 1. The van der Waals surface area contributed by atoms with Crippen LogP contribution in [-0.4, -0.2) is 62.4 Å². The third kappa shape index (κ3) is 4.54. The van der Waals surface area contributed by atoms with E-state index in [1.54, 1.807) is 19.2 Å². The van der Waals surface area contributed by atoms with Gasteiger partial charge in [-0.25, -0.2) is 15.1 Å². The number of hydrogen-bond acceptors (Lipinski definition) is 9. The number of nitrogen functional groups attached to an aromatic ring is 1. The molecule has 0 spiro atoms. The van der Waals surface area contributed by atoms with Gasteiger partial charge in [0, 0.05) is 56.5 Å². The molecular weight excluding hydrogens is 446 g/mol. The molecular formula is C24H23N9O2. The summed E-state index contributed by atoms with van der Waals surface area (Å²) in [6.45, 7) is 4.66. The molecule has 1 saturated heterocycles. The first kappa shape index (κ1) is 22.1. The minimum Gasteiger partial charge on any atom is -0.486 e. The van der Waals surface area contributed by atoms with Crippen LogP contribution in [0, 0.1) is 11.3 Å². The van der Waals surface area contributed by atoms with Crippen molar-refractivity contribution in [3.05, 3.63) is 53.7 Å². The number of rotatable bonds is 5. The van der Waals surface area contributed by atoms with Crippen molar-refractivity contribution < 1.29 is 9.53 Å². The van der Waals surface area contributed by atoms with Gasteiger partial charge in [0.1, 0.15) is 18.2 Å². The van der Waals surface area contributed by atoms with Gasteiger partial charge < -0.3 is 20.3 Å². The number of anilines is 2. The summed E-state index contributed by atoms with van der Waals surface area (Å²) in [4.78, 5) is 24.3. The molecule has 1 aliphatic rings. The van der Waals surface area contributed by atoms with E-state index in [-0.39, 0.29) is 18.3 Å². The standard InChI is InChI=1S/C24H23N9O2/c1-15(34)32-6-8-33(9-7-32)22-5-4-17(13-27-22)16-2-3-18(19(10-16)12-25)14-35-20-11-21(26)28-24-23(20)29-31-30-24/h2-5,10-11,13H,6-9,14H2,1H3,(H3,26,28,29,30,31). The van der Waals surface area contributed by atoms with E-state index < -0.39 is 0 Å². The fraction of sp³-hybridized carbons (Fsp3) is 0.250. The first-order valence-electron chi connectivity index (χ1n) is 11.1. The predicted molar refractivity (Wildman–Crippen MR) is 129 cm³/mol. The average Bonchev–Trinajstić information content (AvgIpc) is 3.36. The van der Waals surface area contributed by atoms with Crippen LogP contribution < -0.4 is 15.4 Å². The zero-order chi connectivity index (χ0) is 24.4. The van der Waals surface area contributed by atoms with Crippen LogP contribution in [0.4, 0.5) is 11.6 Å². The molecule has 1 aromatic carbocycles. The van der Waals surface area contributed by atoms with Gasteiger partial charge in [0.25, 0.3) is 0 Å². The Labute approximate surface area is 201 Å². The monoisotopic (exact) mass is 469 g/mol. The molecule has 0 atom stereocenters. The maximum absolute atomic E-state index is 11.5. The van der Waals surface area contributed by atoms with Crippen molar-refractivity contribution in [3.8, 4) is 22.9 Å². The van der Waals surface area contributed by atoms with Crippen LogP contribution in [-0.2, 0) is 11.4 Å².